The highest BCUT2D eigenvalue weighted by atomic mass is 19.3. The third kappa shape index (κ3) is 5.74. The number of rotatable bonds is 5. The summed E-state index contributed by atoms with van der Waals surface area (Å²) in [5.74, 6) is 3.77. The summed E-state index contributed by atoms with van der Waals surface area (Å²) in [6.07, 6.45) is 3.37. The third-order valence-corrected chi connectivity index (χ3v) is 4.71. The van der Waals surface area contributed by atoms with E-state index in [1.54, 1.807) is 0 Å². The van der Waals surface area contributed by atoms with E-state index in [2.05, 4.69) is 33.1 Å². The van der Waals surface area contributed by atoms with E-state index in [1.807, 2.05) is 0 Å². The van der Waals surface area contributed by atoms with Crippen molar-refractivity contribution in [1.82, 2.24) is 5.43 Å². The number of hydrogen-bond donors (Lipinski definition) is 2. The number of nitrogens with one attached hydrogen (secondary N) is 1. The van der Waals surface area contributed by atoms with Gasteiger partial charge in [-0.25, -0.2) is 8.78 Å². The molecule has 0 aromatic carbocycles. The maximum absolute atomic E-state index is 13.4. The summed E-state index contributed by atoms with van der Waals surface area (Å²) >= 11 is 0. The van der Waals surface area contributed by atoms with E-state index in [-0.39, 0.29) is 30.2 Å². The van der Waals surface area contributed by atoms with Gasteiger partial charge in [0, 0.05) is 18.9 Å². The summed E-state index contributed by atoms with van der Waals surface area (Å²) < 4.78 is 26.8. The van der Waals surface area contributed by atoms with Crippen LogP contribution in [-0.2, 0) is 0 Å². The minimum Gasteiger partial charge on any atom is -0.271 e. The lowest BCUT2D eigenvalue weighted by Gasteiger charge is -2.34. The van der Waals surface area contributed by atoms with E-state index >= 15 is 0 Å². The Hall–Kier alpha value is -0.220. The van der Waals surface area contributed by atoms with Gasteiger partial charge in [-0.1, -0.05) is 27.7 Å². The minimum absolute atomic E-state index is 0.0368. The van der Waals surface area contributed by atoms with E-state index in [4.69, 9.17) is 5.84 Å². The van der Waals surface area contributed by atoms with E-state index in [9.17, 15) is 8.78 Å². The van der Waals surface area contributed by atoms with Gasteiger partial charge in [0.1, 0.15) is 0 Å². The lowest BCUT2D eigenvalue weighted by molar-refractivity contribution is -0.0552. The average molecular weight is 276 g/mol. The van der Waals surface area contributed by atoms with Crippen LogP contribution in [0.25, 0.3) is 0 Å². The molecule has 3 atom stereocenters. The van der Waals surface area contributed by atoms with Gasteiger partial charge in [-0.15, -0.1) is 0 Å². The van der Waals surface area contributed by atoms with E-state index in [1.165, 1.54) is 0 Å². The van der Waals surface area contributed by atoms with Crippen LogP contribution >= 0.6 is 0 Å². The monoisotopic (exact) mass is 276 g/mol. The number of nitrogens with two attached hydrogens (primary N) is 1. The lowest BCUT2D eigenvalue weighted by atomic mass is 9.76. The Bertz CT molecular complexity index is 274. The molecular formula is C15H30F2N2. The molecule has 0 bridgehead atoms. The number of halogens is 2. The molecule has 1 saturated carbocycles. The number of hydrogen-bond acceptors (Lipinski definition) is 2. The first kappa shape index (κ1) is 16.8. The van der Waals surface area contributed by atoms with Crippen LogP contribution < -0.4 is 11.3 Å². The number of alkyl halides is 2. The van der Waals surface area contributed by atoms with Crippen LogP contribution in [-0.4, -0.2) is 12.0 Å². The standard InChI is InChI=1S/C15H30F2N2/c1-11(14(2,3)4)8-13(19-18)9-12-6-5-7-15(16,17)10-12/h11-13,19H,5-10,18H2,1-4H3. The van der Waals surface area contributed by atoms with Crippen LogP contribution in [0.15, 0.2) is 0 Å². The summed E-state index contributed by atoms with van der Waals surface area (Å²) in [5.41, 5.74) is 3.06. The topological polar surface area (TPSA) is 38.0 Å². The highest BCUT2D eigenvalue weighted by Crippen LogP contribution is 2.39. The predicted molar refractivity (Wildman–Crippen MR) is 75.9 cm³/mol. The first-order valence-corrected chi connectivity index (χ1v) is 7.48. The maximum atomic E-state index is 13.4. The van der Waals surface area contributed by atoms with Crippen molar-refractivity contribution in [2.24, 2.45) is 23.1 Å². The van der Waals surface area contributed by atoms with Crippen molar-refractivity contribution < 1.29 is 8.78 Å². The number of hydrazine groups is 1. The fourth-order valence-electron chi connectivity index (χ4n) is 2.89. The van der Waals surface area contributed by atoms with Gasteiger partial charge >= 0.3 is 0 Å². The van der Waals surface area contributed by atoms with Crippen molar-refractivity contribution >= 4 is 0 Å². The molecule has 0 aromatic rings. The zero-order valence-electron chi connectivity index (χ0n) is 12.8. The summed E-state index contributed by atoms with van der Waals surface area (Å²) in [5, 5.41) is 0. The molecule has 19 heavy (non-hydrogen) atoms. The molecule has 0 aromatic heterocycles. The summed E-state index contributed by atoms with van der Waals surface area (Å²) in [7, 11) is 0. The molecule has 0 spiro atoms. The van der Waals surface area contributed by atoms with Gasteiger partial charge in [-0.2, -0.15) is 0 Å². The normalized spacial score (nSPS) is 27.0. The average Bonchev–Trinajstić information content (AvgIpc) is 2.25. The van der Waals surface area contributed by atoms with Gasteiger partial charge in [-0.3, -0.25) is 11.3 Å². The second kappa shape index (κ2) is 6.49. The molecule has 1 aliphatic rings. The molecule has 0 aliphatic heterocycles. The third-order valence-electron chi connectivity index (χ3n) is 4.71. The molecule has 0 amide bonds. The molecule has 114 valence electrons. The van der Waals surface area contributed by atoms with Crippen LogP contribution in [0.1, 0.15) is 66.2 Å². The van der Waals surface area contributed by atoms with Crippen molar-refractivity contribution in [1.29, 1.82) is 0 Å². The van der Waals surface area contributed by atoms with Crippen molar-refractivity contribution in [2.45, 2.75) is 78.2 Å². The van der Waals surface area contributed by atoms with Crippen LogP contribution in [0.2, 0.25) is 0 Å². The van der Waals surface area contributed by atoms with E-state index in [0.29, 0.717) is 12.3 Å². The van der Waals surface area contributed by atoms with Gasteiger partial charge in [-0.05, 0) is 42.9 Å². The molecule has 3 unspecified atom stereocenters. The molecule has 4 heteroatoms. The van der Waals surface area contributed by atoms with Crippen LogP contribution in [0.4, 0.5) is 8.78 Å². The maximum Gasteiger partial charge on any atom is 0.248 e. The highest BCUT2D eigenvalue weighted by Gasteiger charge is 2.37. The highest BCUT2D eigenvalue weighted by molar-refractivity contribution is 4.83. The van der Waals surface area contributed by atoms with Gasteiger partial charge in [0.05, 0.1) is 0 Å². The Morgan fingerprint density at radius 3 is 2.47 bits per heavy atom. The van der Waals surface area contributed by atoms with Gasteiger partial charge in [0.2, 0.25) is 5.92 Å². The Labute approximate surface area is 116 Å². The molecule has 1 aliphatic carbocycles. The Morgan fingerprint density at radius 2 is 2.00 bits per heavy atom. The second-order valence-electron chi connectivity index (χ2n) is 7.42. The quantitative estimate of drug-likeness (QED) is 0.586. The van der Waals surface area contributed by atoms with E-state index < -0.39 is 5.92 Å². The molecule has 0 saturated heterocycles. The van der Waals surface area contributed by atoms with Gasteiger partial charge < -0.3 is 0 Å². The largest absolute Gasteiger partial charge is 0.271 e. The van der Waals surface area contributed by atoms with E-state index in [0.717, 1.165) is 19.3 Å². The summed E-state index contributed by atoms with van der Waals surface area (Å²) in [4.78, 5) is 0. The van der Waals surface area contributed by atoms with Crippen molar-refractivity contribution in [3.8, 4) is 0 Å². The summed E-state index contributed by atoms with van der Waals surface area (Å²) in [6, 6.07) is 0.146. The molecule has 1 rings (SSSR count). The molecule has 0 heterocycles. The van der Waals surface area contributed by atoms with Crippen LogP contribution in [0.3, 0.4) is 0 Å². The fraction of sp³-hybridized carbons (Fsp3) is 1.00. The van der Waals surface area contributed by atoms with Crippen LogP contribution in [0.5, 0.6) is 0 Å². The van der Waals surface area contributed by atoms with Crippen molar-refractivity contribution in [3.63, 3.8) is 0 Å². The van der Waals surface area contributed by atoms with Gasteiger partial charge in [0.15, 0.2) is 0 Å². The Kier molecular flexibility index (Phi) is 5.75. The summed E-state index contributed by atoms with van der Waals surface area (Å²) in [6.45, 7) is 8.83. The molecule has 3 N–H and O–H groups in total. The minimum atomic E-state index is -2.46. The smallest absolute Gasteiger partial charge is 0.248 e. The zero-order valence-corrected chi connectivity index (χ0v) is 12.8. The first-order valence-electron chi connectivity index (χ1n) is 7.48. The van der Waals surface area contributed by atoms with Crippen molar-refractivity contribution in [2.75, 3.05) is 0 Å². The lowest BCUT2D eigenvalue weighted by Crippen LogP contribution is -2.40. The Balaban J connectivity index is 2.48. The van der Waals surface area contributed by atoms with Crippen molar-refractivity contribution in [3.05, 3.63) is 0 Å². The molecule has 0 radical (unpaired) electrons. The molecule has 2 nitrogen and oxygen atoms in total. The zero-order chi connectivity index (χ0) is 14.7. The fourth-order valence-corrected chi connectivity index (χ4v) is 2.89. The Morgan fingerprint density at radius 1 is 1.37 bits per heavy atom. The van der Waals surface area contributed by atoms with Gasteiger partial charge in [0.25, 0.3) is 0 Å². The predicted octanol–water partition coefficient (Wildman–Crippen LogP) is 4.11. The second-order valence-corrected chi connectivity index (χ2v) is 7.42. The SMILES string of the molecule is CC(CC(CC1CCCC(F)(F)C1)NN)C(C)(C)C. The first-order chi connectivity index (χ1) is 8.64. The van der Waals surface area contributed by atoms with Crippen LogP contribution in [0, 0.1) is 17.3 Å². The molecular weight excluding hydrogens is 246 g/mol. The molecule has 1 fully saturated rings.